The number of nitrogens with zero attached hydrogens (tertiary/aromatic N) is 4. The molecule has 1 aromatic carbocycles. The van der Waals surface area contributed by atoms with Gasteiger partial charge in [0.1, 0.15) is 5.82 Å². The Morgan fingerprint density at radius 1 is 1.14 bits per heavy atom. The molecule has 1 amide bonds. The molecule has 0 spiro atoms. The number of anilines is 1. The van der Waals surface area contributed by atoms with Crippen molar-refractivity contribution < 1.29 is 9.18 Å². The van der Waals surface area contributed by atoms with Crippen molar-refractivity contribution in [3.63, 3.8) is 0 Å². The SMILES string of the molecule is CN(C(=O)c1ccc(F)cc1)c1ccn(-c2ccccn2)n1. The zero-order valence-electron chi connectivity index (χ0n) is 11.8. The molecule has 22 heavy (non-hydrogen) atoms. The van der Waals surface area contributed by atoms with Crippen molar-refractivity contribution in [2.75, 3.05) is 11.9 Å². The number of aromatic nitrogens is 3. The van der Waals surface area contributed by atoms with Gasteiger partial charge in [-0.1, -0.05) is 6.07 Å². The number of pyridine rings is 1. The van der Waals surface area contributed by atoms with Crippen molar-refractivity contribution in [1.29, 1.82) is 0 Å². The number of carbonyl (C=O) groups excluding carboxylic acids is 1. The van der Waals surface area contributed by atoms with Crippen LogP contribution in [0.25, 0.3) is 5.82 Å². The van der Waals surface area contributed by atoms with E-state index in [-0.39, 0.29) is 11.7 Å². The van der Waals surface area contributed by atoms with Crippen molar-refractivity contribution in [3.8, 4) is 5.82 Å². The molecule has 0 aliphatic carbocycles. The van der Waals surface area contributed by atoms with Gasteiger partial charge in [-0.3, -0.25) is 9.69 Å². The third-order valence-electron chi connectivity index (χ3n) is 3.20. The van der Waals surface area contributed by atoms with E-state index in [1.165, 1.54) is 29.2 Å². The summed E-state index contributed by atoms with van der Waals surface area (Å²) in [7, 11) is 1.62. The number of benzene rings is 1. The maximum Gasteiger partial charge on any atom is 0.259 e. The van der Waals surface area contributed by atoms with Crippen LogP contribution in [0, 0.1) is 5.82 Å². The number of carbonyl (C=O) groups is 1. The lowest BCUT2D eigenvalue weighted by molar-refractivity contribution is 0.0992. The minimum absolute atomic E-state index is 0.258. The van der Waals surface area contributed by atoms with Crippen molar-refractivity contribution in [2.24, 2.45) is 0 Å². The Morgan fingerprint density at radius 2 is 1.91 bits per heavy atom. The maximum absolute atomic E-state index is 12.9. The first kappa shape index (κ1) is 13.9. The molecule has 2 aromatic heterocycles. The predicted molar refractivity (Wildman–Crippen MR) is 80.5 cm³/mol. The Kier molecular flexibility index (Phi) is 3.65. The van der Waals surface area contributed by atoms with Gasteiger partial charge in [0.05, 0.1) is 0 Å². The van der Waals surface area contributed by atoms with E-state index in [0.717, 1.165) is 0 Å². The van der Waals surface area contributed by atoms with Gasteiger partial charge in [-0.15, -0.1) is 5.10 Å². The predicted octanol–water partition coefficient (Wildman–Crippen LogP) is 2.68. The topological polar surface area (TPSA) is 51.0 Å². The summed E-state index contributed by atoms with van der Waals surface area (Å²) in [5.74, 6) is 0.515. The summed E-state index contributed by atoms with van der Waals surface area (Å²) in [4.78, 5) is 17.9. The third kappa shape index (κ3) is 2.71. The summed E-state index contributed by atoms with van der Waals surface area (Å²) in [6.45, 7) is 0. The van der Waals surface area contributed by atoms with E-state index in [4.69, 9.17) is 0 Å². The average molecular weight is 296 g/mol. The molecule has 0 atom stereocenters. The van der Waals surface area contributed by atoms with Crippen LogP contribution in [0.4, 0.5) is 10.2 Å². The fraction of sp³-hybridized carbons (Fsp3) is 0.0625. The lowest BCUT2D eigenvalue weighted by atomic mass is 10.2. The monoisotopic (exact) mass is 296 g/mol. The highest BCUT2D eigenvalue weighted by atomic mass is 19.1. The normalized spacial score (nSPS) is 10.5. The van der Waals surface area contributed by atoms with Crippen molar-refractivity contribution >= 4 is 11.7 Å². The fourth-order valence-corrected chi connectivity index (χ4v) is 2.00. The zero-order valence-corrected chi connectivity index (χ0v) is 11.8. The summed E-state index contributed by atoms with van der Waals surface area (Å²) in [6, 6.07) is 12.6. The van der Waals surface area contributed by atoms with Crippen LogP contribution in [0.2, 0.25) is 0 Å². The number of halogens is 1. The van der Waals surface area contributed by atoms with E-state index in [9.17, 15) is 9.18 Å². The quantitative estimate of drug-likeness (QED) is 0.746. The van der Waals surface area contributed by atoms with Crippen LogP contribution < -0.4 is 4.90 Å². The molecule has 0 bridgehead atoms. The van der Waals surface area contributed by atoms with Crippen LogP contribution in [-0.2, 0) is 0 Å². The van der Waals surface area contributed by atoms with E-state index in [1.807, 2.05) is 18.2 Å². The molecule has 3 aromatic rings. The first-order valence-electron chi connectivity index (χ1n) is 6.66. The summed E-state index contributed by atoms with van der Waals surface area (Å²) >= 11 is 0. The molecule has 0 saturated carbocycles. The summed E-state index contributed by atoms with van der Waals surface area (Å²) < 4.78 is 14.5. The second-order valence-electron chi connectivity index (χ2n) is 4.68. The highest BCUT2D eigenvalue weighted by Crippen LogP contribution is 2.15. The molecule has 0 fully saturated rings. The molecule has 0 aliphatic heterocycles. The van der Waals surface area contributed by atoms with Crippen LogP contribution in [0.5, 0.6) is 0 Å². The molecule has 110 valence electrons. The summed E-state index contributed by atoms with van der Waals surface area (Å²) in [5.41, 5.74) is 0.399. The molecule has 6 heteroatoms. The van der Waals surface area contributed by atoms with Crippen molar-refractivity contribution in [1.82, 2.24) is 14.8 Å². The molecule has 0 unspecified atom stereocenters. The zero-order chi connectivity index (χ0) is 15.5. The van der Waals surface area contributed by atoms with E-state index in [1.54, 1.807) is 30.2 Å². The van der Waals surface area contributed by atoms with Gasteiger partial charge in [-0.2, -0.15) is 0 Å². The van der Waals surface area contributed by atoms with E-state index < -0.39 is 0 Å². The second kappa shape index (κ2) is 5.77. The van der Waals surface area contributed by atoms with Gasteiger partial charge in [0, 0.05) is 31.1 Å². The molecular formula is C16H13FN4O. The van der Waals surface area contributed by atoms with Gasteiger partial charge >= 0.3 is 0 Å². The molecule has 0 N–H and O–H groups in total. The van der Waals surface area contributed by atoms with Gasteiger partial charge in [-0.05, 0) is 36.4 Å². The molecule has 2 heterocycles. The fourth-order valence-electron chi connectivity index (χ4n) is 2.00. The van der Waals surface area contributed by atoms with Gasteiger partial charge in [0.25, 0.3) is 5.91 Å². The van der Waals surface area contributed by atoms with E-state index >= 15 is 0 Å². The smallest absolute Gasteiger partial charge is 0.259 e. The third-order valence-corrected chi connectivity index (χ3v) is 3.20. The average Bonchev–Trinajstić information content (AvgIpc) is 3.05. The Balaban J connectivity index is 1.83. The minimum Gasteiger partial charge on any atom is -0.294 e. The van der Waals surface area contributed by atoms with Crippen LogP contribution in [-0.4, -0.2) is 27.7 Å². The maximum atomic E-state index is 12.9. The first-order chi connectivity index (χ1) is 10.6. The van der Waals surface area contributed by atoms with Crippen molar-refractivity contribution in [3.05, 3.63) is 72.3 Å². The molecule has 3 rings (SSSR count). The van der Waals surface area contributed by atoms with Gasteiger partial charge in [-0.25, -0.2) is 14.1 Å². The number of hydrogen-bond donors (Lipinski definition) is 0. The highest BCUT2D eigenvalue weighted by Gasteiger charge is 2.16. The minimum atomic E-state index is -0.376. The molecular weight excluding hydrogens is 283 g/mol. The van der Waals surface area contributed by atoms with Crippen LogP contribution >= 0.6 is 0 Å². The second-order valence-corrected chi connectivity index (χ2v) is 4.68. The lowest BCUT2D eigenvalue weighted by Gasteiger charge is -2.14. The van der Waals surface area contributed by atoms with Crippen LogP contribution in [0.1, 0.15) is 10.4 Å². The molecule has 0 aliphatic rings. The molecule has 0 radical (unpaired) electrons. The summed E-state index contributed by atoms with van der Waals surface area (Å²) in [5, 5.41) is 4.33. The van der Waals surface area contributed by atoms with E-state index in [2.05, 4.69) is 10.1 Å². The van der Waals surface area contributed by atoms with Crippen LogP contribution in [0.15, 0.2) is 60.9 Å². The Morgan fingerprint density at radius 3 is 2.59 bits per heavy atom. The van der Waals surface area contributed by atoms with Gasteiger partial charge in [0.15, 0.2) is 11.6 Å². The first-order valence-corrected chi connectivity index (χ1v) is 6.66. The molecule has 5 nitrogen and oxygen atoms in total. The van der Waals surface area contributed by atoms with E-state index in [0.29, 0.717) is 17.2 Å². The number of amides is 1. The standard InChI is InChI=1S/C16H13FN4O/c1-20(16(22)12-5-7-13(17)8-6-12)15-9-11-21(19-15)14-4-2-3-10-18-14/h2-11H,1H3. The largest absolute Gasteiger partial charge is 0.294 e. The Labute approximate surface area is 126 Å². The number of rotatable bonds is 3. The lowest BCUT2D eigenvalue weighted by Crippen LogP contribution is -2.26. The van der Waals surface area contributed by atoms with Crippen molar-refractivity contribution in [2.45, 2.75) is 0 Å². The van der Waals surface area contributed by atoms with Gasteiger partial charge < -0.3 is 0 Å². The van der Waals surface area contributed by atoms with Gasteiger partial charge in [0.2, 0.25) is 0 Å². The summed E-state index contributed by atoms with van der Waals surface area (Å²) in [6.07, 6.45) is 3.40. The van der Waals surface area contributed by atoms with Crippen LogP contribution in [0.3, 0.4) is 0 Å². The highest BCUT2D eigenvalue weighted by molar-refractivity contribution is 6.05. The number of hydrogen-bond acceptors (Lipinski definition) is 3. The Bertz CT molecular complexity index is 783. The Hall–Kier alpha value is -3.02. The molecule has 0 saturated heterocycles.